The number of rotatable bonds is 7. The minimum atomic E-state index is -1.44. The highest BCUT2D eigenvalue weighted by Crippen LogP contribution is 2.33. The molecular formula is C30H31Cl2N5O7. The van der Waals surface area contributed by atoms with Crippen LogP contribution in [-0.4, -0.2) is 90.4 Å². The van der Waals surface area contributed by atoms with E-state index in [1.807, 2.05) is 24.3 Å². The van der Waals surface area contributed by atoms with Crippen molar-refractivity contribution in [2.24, 2.45) is 0 Å². The van der Waals surface area contributed by atoms with E-state index in [0.29, 0.717) is 17.1 Å². The zero-order valence-corrected chi connectivity index (χ0v) is 25.4. The molecule has 4 N–H and O–H groups in total. The molecule has 3 heterocycles. The maximum absolute atomic E-state index is 14.3. The van der Waals surface area contributed by atoms with Crippen LogP contribution in [-0.2, 0) is 32.1 Å². The highest BCUT2D eigenvalue weighted by Gasteiger charge is 2.46. The third-order valence-corrected chi connectivity index (χ3v) is 9.08. The van der Waals surface area contributed by atoms with Crippen LogP contribution in [0.2, 0.25) is 10.0 Å². The topological polar surface area (TPSA) is 163 Å². The van der Waals surface area contributed by atoms with Crippen LogP contribution >= 0.6 is 23.2 Å². The molecule has 3 aromatic rings. The Morgan fingerprint density at radius 1 is 0.955 bits per heavy atom. The number of aromatic amines is 1. The van der Waals surface area contributed by atoms with Crippen LogP contribution in [0, 0.1) is 0 Å². The van der Waals surface area contributed by atoms with Gasteiger partial charge in [-0.15, -0.1) is 0 Å². The molecule has 0 bridgehead atoms. The summed E-state index contributed by atoms with van der Waals surface area (Å²) in [5, 5.41) is 23.5. The van der Waals surface area contributed by atoms with E-state index >= 15 is 0 Å². The zero-order chi connectivity index (χ0) is 31.9. The quantitative estimate of drug-likeness (QED) is 0.300. The predicted molar refractivity (Wildman–Crippen MR) is 163 cm³/mol. The second-order valence-corrected chi connectivity index (χ2v) is 11.8. The average Bonchev–Trinajstić information content (AvgIpc) is 3.62. The summed E-state index contributed by atoms with van der Waals surface area (Å²) >= 11 is 12.2. The monoisotopic (exact) mass is 643 g/mol. The lowest BCUT2D eigenvalue weighted by molar-refractivity contribution is -0.161. The van der Waals surface area contributed by atoms with E-state index in [1.165, 1.54) is 35.8 Å². The number of urea groups is 1. The Bertz CT molecular complexity index is 1640. The summed E-state index contributed by atoms with van der Waals surface area (Å²) in [5.41, 5.74) is 2.87. The maximum atomic E-state index is 14.3. The lowest BCUT2D eigenvalue weighted by Crippen LogP contribution is -2.60. The maximum Gasteiger partial charge on any atom is 0.326 e. The number of nitrogens with zero attached hydrogens (tertiary/aromatic N) is 3. The fraction of sp³-hybridized carbons (Fsp3) is 0.367. The number of anilines is 1. The van der Waals surface area contributed by atoms with Gasteiger partial charge < -0.3 is 35.2 Å². The Morgan fingerprint density at radius 3 is 2.30 bits per heavy atom. The minimum absolute atomic E-state index is 0.0677. The van der Waals surface area contributed by atoms with Crippen molar-refractivity contribution in [1.82, 2.24) is 19.7 Å². The van der Waals surface area contributed by atoms with Crippen molar-refractivity contribution in [2.45, 2.75) is 63.8 Å². The third kappa shape index (κ3) is 5.79. The van der Waals surface area contributed by atoms with Gasteiger partial charge in [-0.05, 0) is 56.5 Å². The van der Waals surface area contributed by atoms with Gasteiger partial charge in [-0.25, -0.2) is 14.4 Å². The molecule has 2 unspecified atom stereocenters. The second kappa shape index (κ2) is 12.4. The number of aromatic nitrogens is 1. The molecule has 2 aromatic carbocycles. The molecule has 44 heavy (non-hydrogen) atoms. The molecule has 0 spiro atoms. The number of H-pyrrole nitrogens is 1. The van der Waals surface area contributed by atoms with Crippen LogP contribution in [0.1, 0.15) is 37.9 Å². The fourth-order valence-electron chi connectivity index (χ4n) is 6.02. The Hall–Kier alpha value is -4.29. The number of carbonyl (C=O) groups is 5. The Morgan fingerprint density at radius 2 is 1.64 bits per heavy atom. The summed E-state index contributed by atoms with van der Waals surface area (Å²) in [5.74, 6) is -4.00. The van der Waals surface area contributed by atoms with E-state index in [-0.39, 0.29) is 31.0 Å². The van der Waals surface area contributed by atoms with Crippen molar-refractivity contribution < 1.29 is 34.2 Å². The number of hydrogen-bond donors (Lipinski definition) is 4. The van der Waals surface area contributed by atoms with Gasteiger partial charge in [-0.1, -0.05) is 41.4 Å². The molecule has 2 aliphatic heterocycles. The van der Waals surface area contributed by atoms with Gasteiger partial charge in [0.05, 0.1) is 16.6 Å². The number of carbonyl (C=O) groups excluding carboxylic acids is 3. The van der Waals surface area contributed by atoms with E-state index in [1.54, 1.807) is 6.07 Å². The second-order valence-electron chi connectivity index (χ2n) is 11.0. The van der Waals surface area contributed by atoms with Gasteiger partial charge in [-0.3, -0.25) is 9.59 Å². The summed E-state index contributed by atoms with van der Waals surface area (Å²) in [4.78, 5) is 72.3. The number of halogens is 2. The first kappa shape index (κ1) is 31.1. The minimum Gasteiger partial charge on any atom is -0.480 e. The van der Waals surface area contributed by atoms with Crippen molar-refractivity contribution >= 4 is 69.6 Å². The molecule has 4 atom stereocenters. The van der Waals surface area contributed by atoms with Crippen molar-refractivity contribution in [3.63, 3.8) is 0 Å². The number of fused-ring (bicyclic) bond motifs is 3. The first-order valence-electron chi connectivity index (χ1n) is 14.1. The number of aliphatic carboxylic acids is 2. The lowest BCUT2D eigenvalue weighted by atomic mass is 9.95. The summed E-state index contributed by atoms with van der Waals surface area (Å²) in [6.45, 7) is 2.72. The Labute approximate surface area is 262 Å². The van der Waals surface area contributed by atoms with Crippen LogP contribution in [0.3, 0.4) is 0 Å². The van der Waals surface area contributed by atoms with Gasteiger partial charge in [0.1, 0.15) is 24.2 Å². The number of hydrogen-bond acceptors (Lipinski definition) is 5. The first-order valence-corrected chi connectivity index (χ1v) is 14.8. The number of nitrogens with one attached hydrogen (secondary N) is 2. The van der Waals surface area contributed by atoms with Gasteiger partial charge in [0.15, 0.2) is 0 Å². The Kier molecular flexibility index (Phi) is 8.76. The van der Waals surface area contributed by atoms with Crippen molar-refractivity contribution in [3.8, 4) is 0 Å². The smallest absolute Gasteiger partial charge is 0.326 e. The lowest BCUT2D eigenvalue weighted by Gasteiger charge is -2.39. The summed E-state index contributed by atoms with van der Waals surface area (Å²) in [6.07, 6.45) is 0.824. The van der Waals surface area contributed by atoms with Gasteiger partial charge in [0.2, 0.25) is 11.8 Å². The Balaban J connectivity index is 1.49. The normalized spacial score (nSPS) is 19.3. The number of amides is 4. The van der Waals surface area contributed by atoms with Gasteiger partial charge >= 0.3 is 18.0 Å². The number of likely N-dealkylation sites (tertiary alicyclic amines) is 1. The summed E-state index contributed by atoms with van der Waals surface area (Å²) in [7, 11) is 0. The van der Waals surface area contributed by atoms with Crippen LogP contribution in [0.25, 0.3) is 10.9 Å². The van der Waals surface area contributed by atoms with Crippen LogP contribution in [0.4, 0.5) is 10.5 Å². The van der Waals surface area contributed by atoms with Crippen molar-refractivity contribution in [1.29, 1.82) is 0 Å². The zero-order valence-electron chi connectivity index (χ0n) is 23.9. The van der Waals surface area contributed by atoms with Gasteiger partial charge in [-0.2, -0.15) is 0 Å². The molecule has 232 valence electrons. The number of para-hydroxylation sites is 1. The molecule has 1 fully saturated rings. The largest absolute Gasteiger partial charge is 0.480 e. The molecule has 5 rings (SSSR count). The van der Waals surface area contributed by atoms with E-state index in [0.717, 1.165) is 27.1 Å². The molecule has 0 saturated carbocycles. The summed E-state index contributed by atoms with van der Waals surface area (Å²) < 4.78 is 0. The van der Waals surface area contributed by atoms with E-state index in [2.05, 4.69) is 10.3 Å². The van der Waals surface area contributed by atoms with Crippen molar-refractivity contribution in [3.05, 3.63) is 63.8 Å². The molecule has 0 aliphatic carbocycles. The first-order chi connectivity index (χ1) is 20.9. The molecule has 1 saturated heterocycles. The number of carboxylic acids is 2. The SMILES string of the molecule is CC(C(=O)O)N(C(=O)[C@@H]1CCCN1C(=O)[C@H]1Cc2c([nH]c3ccccc23)CN1C(=O)Nc1ccc(Cl)c(Cl)c1)C(C)C(=O)O. The fourth-order valence-corrected chi connectivity index (χ4v) is 6.32. The highest BCUT2D eigenvalue weighted by molar-refractivity contribution is 6.42. The van der Waals surface area contributed by atoms with E-state index in [4.69, 9.17) is 23.2 Å². The van der Waals surface area contributed by atoms with Crippen LogP contribution in [0.15, 0.2) is 42.5 Å². The van der Waals surface area contributed by atoms with E-state index in [9.17, 15) is 34.2 Å². The van der Waals surface area contributed by atoms with Gasteiger partial charge in [0, 0.05) is 35.2 Å². The molecular weight excluding hydrogens is 613 g/mol. The number of carboxylic acid groups (broad SMARTS) is 2. The van der Waals surface area contributed by atoms with Crippen LogP contribution in [0.5, 0.6) is 0 Å². The van der Waals surface area contributed by atoms with E-state index < -0.39 is 54.0 Å². The van der Waals surface area contributed by atoms with Crippen molar-refractivity contribution in [2.75, 3.05) is 11.9 Å². The highest BCUT2D eigenvalue weighted by atomic mass is 35.5. The molecule has 14 heteroatoms. The van der Waals surface area contributed by atoms with Gasteiger partial charge in [0.25, 0.3) is 0 Å². The average molecular weight is 645 g/mol. The molecule has 4 amide bonds. The summed E-state index contributed by atoms with van der Waals surface area (Å²) in [6, 6.07) is 6.65. The molecule has 2 aliphatic rings. The molecule has 1 aromatic heterocycles. The molecule has 0 radical (unpaired) electrons. The third-order valence-electron chi connectivity index (χ3n) is 8.35. The predicted octanol–water partition coefficient (Wildman–Crippen LogP) is 4.20. The number of benzene rings is 2. The molecule has 12 nitrogen and oxygen atoms in total. The standard InChI is InChI=1S/C30H31Cl2N5O7/c1-15(28(40)41)37(16(2)29(42)43)27(39)24-8-5-11-35(24)26(38)25-13-19-18-6-3-4-7-22(18)34-23(19)14-36(25)30(44)33-17-9-10-20(31)21(32)12-17/h3-4,6-7,9-10,12,15-16,24-25,34H,5,8,11,13-14H2,1-2H3,(H,33,44)(H,40,41)(H,42,43)/t15?,16?,24-,25+/m0/s1. The van der Waals surface area contributed by atoms with Crippen LogP contribution < -0.4 is 5.32 Å².